The third-order valence-electron chi connectivity index (χ3n) is 3.59. The normalized spacial score (nSPS) is 18.2. The fraction of sp³-hybridized carbons (Fsp3) is 0.467. The van der Waals surface area contributed by atoms with Crippen LogP contribution in [0.2, 0.25) is 0 Å². The Hall–Kier alpha value is -1.63. The largest absolute Gasteiger partial charge is 0.378 e. The molecule has 0 bridgehead atoms. The molecule has 2 aromatic rings. The van der Waals surface area contributed by atoms with Crippen LogP contribution in [0.15, 0.2) is 24.4 Å². The maximum atomic E-state index is 12.2. The first-order valence-corrected chi connectivity index (χ1v) is 7.24. The van der Waals surface area contributed by atoms with E-state index in [0.29, 0.717) is 19.8 Å². The number of aromatic nitrogens is 2. The van der Waals surface area contributed by atoms with E-state index in [4.69, 9.17) is 4.74 Å². The van der Waals surface area contributed by atoms with Crippen LogP contribution >= 0.6 is 12.4 Å². The number of amides is 1. The van der Waals surface area contributed by atoms with E-state index in [0.717, 1.165) is 16.6 Å². The van der Waals surface area contributed by atoms with Crippen LogP contribution in [0.1, 0.15) is 19.9 Å². The second-order valence-corrected chi connectivity index (χ2v) is 5.53. The molecule has 7 heteroatoms. The number of nitrogens with zero attached hydrogens (tertiary/aromatic N) is 2. The van der Waals surface area contributed by atoms with E-state index in [1.165, 1.54) is 0 Å². The van der Waals surface area contributed by atoms with Gasteiger partial charge in [0.15, 0.2) is 0 Å². The summed E-state index contributed by atoms with van der Waals surface area (Å²) in [4.78, 5) is 12.2. The Balaban J connectivity index is 0.00000176. The third-order valence-corrected chi connectivity index (χ3v) is 3.59. The number of nitrogens with one attached hydrogen (secondary N) is 2. The number of carbonyl (C=O) groups is 1. The van der Waals surface area contributed by atoms with E-state index in [2.05, 4.69) is 29.6 Å². The molecule has 1 saturated heterocycles. The summed E-state index contributed by atoms with van der Waals surface area (Å²) >= 11 is 0. The summed E-state index contributed by atoms with van der Waals surface area (Å²) in [5, 5.41) is 11.5. The fourth-order valence-electron chi connectivity index (χ4n) is 2.49. The summed E-state index contributed by atoms with van der Waals surface area (Å²) in [6.07, 6.45) is 1.84. The van der Waals surface area contributed by atoms with E-state index in [-0.39, 0.29) is 30.4 Å². The van der Waals surface area contributed by atoms with Crippen molar-refractivity contribution in [1.82, 2.24) is 15.1 Å². The molecule has 1 unspecified atom stereocenters. The molecule has 1 aliphatic heterocycles. The summed E-state index contributed by atoms with van der Waals surface area (Å²) in [5.74, 6) is -0.0651. The van der Waals surface area contributed by atoms with Crippen molar-refractivity contribution in [2.24, 2.45) is 0 Å². The van der Waals surface area contributed by atoms with Gasteiger partial charge in [-0.25, -0.2) is 0 Å². The number of hydrogen-bond acceptors (Lipinski definition) is 4. The van der Waals surface area contributed by atoms with Gasteiger partial charge in [0, 0.05) is 23.7 Å². The number of hydrogen-bond donors (Lipinski definition) is 2. The molecular formula is C15H21ClN4O2. The highest BCUT2D eigenvalue weighted by Gasteiger charge is 2.21. The predicted octanol–water partition coefficient (Wildman–Crippen LogP) is 1.97. The lowest BCUT2D eigenvalue weighted by Crippen LogP contribution is -2.48. The zero-order chi connectivity index (χ0) is 14.8. The fourth-order valence-corrected chi connectivity index (χ4v) is 2.49. The molecular weight excluding hydrogens is 304 g/mol. The third kappa shape index (κ3) is 3.40. The van der Waals surface area contributed by atoms with E-state index in [1.54, 1.807) is 0 Å². The molecule has 1 aromatic heterocycles. The average molecular weight is 325 g/mol. The minimum absolute atomic E-state index is 0. The molecule has 3 rings (SSSR count). The molecule has 0 spiro atoms. The Morgan fingerprint density at radius 1 is 1.50 bits per heavy atom. The highest BCUT2D eigenvalue weighted by molar-refractivity contribution is 5.96. The van der Waals surface area contributed by atoms with Gasteiger partial charge in [0.25, 0.3) is 0 Å². The number of rotatable bonds is 3. The first-order valence-electron chi connectivity index (χ1n) is 7.24. The SMILES string of the molecule is CC(C)n1ncc2ccc(NC(=O)C3COCCN3)cc21.Cl. The van der Waals surface area contributed by atoms with Crippen molar-refractivity contribution >= 4 is 34.9 Å². The van der Waals surface area contributed by atoms with Gasteiger partial charge >= 0.3 is 0 Å². The van der Waals surface area contributed by atoms with Crippen LogP contribution in [0.3, 0.4) is 0 Å². The Morgan fingerprint density at radius 3 is 3.00 bits per heavy atom. The van der Waals surface area contributed by atoms with Gasteiger partial charge in [-0.1, -0.05) is 0 Å². The molecule has 1 aromatic carbocycles. The average Bonchev–Trinajstić information content (AvgIpc) is 2.91. The Labute approximate surface area is 135 Å². The van der Waals surface area contributed by atoms with E-state index < -0.39 is 0 Å². The van der Waals surface area contributed by atoms with E-state index in [1.807, 2.05) is 29.1 Å². The van der Waals surface area contributed by atoms with Crippen molar-refractivity contribution in [1.29, 1.82) is 0 Å². The van der Waals surface area contributed by atoms with Crippen molar-refractivity contribution in [2.75, 3.05) is 25.1 Å². The second kappa shape index (κ2) is 7.09. The molecule has 1 amide bonds. The number of benzene rings is 1. The number of halogens is 1. The van der Waals surface area contributed by atoms with Crippen molar-refractivity contribution in [2.45, 2.75) is 25.9 Å². The van der Waals surface area contributed by atoms with Crippen molar-refractivity contribution in [3.05, 3.63) is 24.4 Å². The molecule has 1 aliphatic rings. The number of anilines is 1. The Bertz CT molecular complexity index is 650. The molecule has 120 valence electrons. The maximum Gasteiger partial charge on any atom is 0.243 e. The smallest absolute Gasteiger partial charge is 0.243 e. The lowest BCUT2D eigenvalue weighted by atomic mass is 10.2. The summed E-state index contributed by atoms with van der Waals surface area (Å²) in [6, 6.07) is 5.83. The Kier molecular flexibility index (Phi) is 5.39. The quantitative estimate of drug-likeness (QED) is 0.905. The molecule has 1 atom stereocenters. The summed E-state index contributed by atoms with van der Waals surface area (Å²) in [6.45, 7) is 5.94. The van der Waals surface area contributed by atoms with Crippen LogP contribution in [0, 0.1) is 0 Å². The molecule has 1 fully saturated rings. The summed E-state index contributed by atoms with van der Waals surface area (Å²) in [7, 11) is 0. The van der Waals surface area contributed by atoms with Crippen molar-refractivity contribution in [3.8, 4) is 0 Å². The molecule has 2 heterocycles. The van der Waals surface area contributed by atoms with Crippen LogP contribution in [-0.4, -0.2) is 41.5 Å². The Morgan fingerprint density at radius 2 is 2.32 bits per heavy atom. The molecule has 2 N–H and O–H groups in total. The van der Waals surface area contributed by atoms with Crippen LogP contribution in [0.5, 0.6) is 0 Å². The number of morpholine rings is 1. The minimum atomic E-state index is -0.288. The van der Waals surface area contributed by atoms with Gasteiger partial charge in [-0.2, -0.15) is 5.10 Å². The number of carbonyl (C=O) groups excluding carboxylic acids is 1. The number of ether oxygens (including phenoxy) is 1. The van der Waals surface area contributed by atoms with Crippen LogP contribution < -0.4 is 10.6 Å². The van der Waals surface area contributed by atoms with Crippen LogP contribution in [-0.2, 0) is 9.53 Å². The molecule has 0 aliphatic carbocycles. The lowest BCUT2D eigenvalue weighted by molar-refractivity contribution is -0.120. The first kappa shape index (κ1) is 16.7. The minimum Gasteiger partial charge on any atom is -0.378 e. The van der Waals surface area contributed by atoms with Crippen LogP contribution in [0.4, 0.5) is 5.69 Å². The molecule has 0 radical (unpaired) electrons. The van der Waals surface area contributed by atoms with Crippen LogP contribution in [0.25, 0.3) is 10.9 Å². The molecule has 6 nitrogen and oxygen atoms in total. The zero-order valence-corrected chi connectivity index (χ0v) is 13.5. The zero-order valence-electron chi connectivity index (χ0n) is 12.7. The summed E-state index contributed by atoms with van der Waals surface area (Å²) < 4.78 is 7.26. The van der Waals surface area contributed by atoms with Gasteiger partial charge in [-0.05, 0) is 32.0 Å². The van der Waals surface area contributed by atoms with Gasteiger partial charge in [0.1, 0.15) is 6.04 Å². The van der Waals surface area contributed by atoms with Gasteiger partial charge in [0.2, 0.25) is 5.91 Å². The first-order chi connectivity index (χ1) is 10.1. The lowest BCUT2D eigenvalue weighted by Gasteiger charge is -2.22. The standard InChI is InChI=1S/C15H20N4O2.ClH/c1-10(2)19-14-7-12(4-3-11(14)8-17-19)18-15(20)13-9-21-6-5-16-13;/h3-4,7-8,10,13,16H,5-6,9H2,1-2H3,(H,18,20);1H. The second-order valence-electron chi connectivity index (χ2n) is 5.53. The number of fused-ring (bicyclic) bond motifs is 1. The maximum absolute atomic E-state index is 12.2. The molecule has 22 heavy (non-hydrogen) atoms. The predicted molar refractivity (Wildman–Crippen MR) is 88.6 cm³/mol. The highest BCUT2D eigenvalue weighted by Crippen LogP contribution is 2.21. The monoisotopic (exact) mass is 324 g/mol. The van der Waals surface area contributed by atoms with Gasteiger partial charge in [-0.15, -0.1) is 12.4 Å². The van der Waals surface area contributed by atoms with Crippen molar-refractivity contribution in [3.63, 3.8) is 0 Å². The molecule has 0 saturated carbocycles. The van der Waals surface area contributed by atoms with Gasteiger partial charge < -0.3 is 15.4 Å². The van der Waals surface area contributed by atoms with E-state index in [9.17, 15) is 4.79 Å². The van der Waals surface area contributed by atoms with Gasteiger partial charge in [-0.3, -0.25) is 9.48 Å². The van der Waals surface area contributed by atoms with Crippen molar-refractivity contribution < 1.29 is 9.53 Å². The summed E-state index contributed by atoms with van der Waals surface area (Å²) in [5.41, 5.74) is 1.80. The van der Waals surface area contributed by atoms with E-state index >= 15 is 0 Å². The topological polar surface area (TPSA) is 68.2 Å². The van der Waals surface area contributed by atoms with Gasteiger partial charge in [0.05, 0.1) is 24.9 Å². The highest BCUT2D eigenvalue weighted by atomic mass is 35.5.